The first-order valence-electron chi connectivity index (χ1n) is 4.68. The minimum Gasteiger partial charge on any atom is -0.479 e. The molecule has 0 aliphatic carbocycles. The summed E-state index contributed by atoms with van der Waals surface area (Å²) in [6, 6.07) is 8.95. The third-order valence-corrected chi connectivity index (χ3v) is 2.08. The van der Waals surface area contributed by atoms with E-state index in [1.807, 2.05) is 6.07 Å². The Kier molecular flexibility index (Phi) is 3.63. The van der Waals surface area contributed by atoms with Crippen LogP contribution in [0.15, 0.2) is 30.3 Å². The molecule has 86 valence electrons. The molecule has 1 atom stereocenters. The van der Waals surface area contributed by atoms with E-state index in [1.165, 1.54) is 0 Å². The number of carboxylic acid groups (broad SMARTS) is 1. The quantitative estimate of drug-likeness (QED) is 0.574. The molecule has 0 heterocycles. The SMILES string of the molecule is C[C@](N)(C(=O)O)C(=O)OCc1ccccc1. The maximum Gasteiger partial charge on any atom is 0.337 e. The van der Waals surface area contributed by atoms with Crippen LogP contribution in [0.1, 0.15) is 12.5 Å². The number of ether oxygens (including phenoxy) is 1. The number of hydrogen-bond acceptors (Lipinski definition) is 4. The highest BCUT2D eigenvalue weighted by Gasteiger charge is 2.38. The zero-order valence-electron chi connectivity index (χ0n) is 8.84. The summed E-state index contributed by atoms with van der Waals surface area (Å²) in [4.78, 5) is 22.0. The predicted octanol–water partition coefficient (Wildman–Crippen LogP) is 0.532. The summed E-state index contributed by atoms with van der Waals surface area (Å²) in [5, 5.41) is 8.68. The van der Waals surface area contributed by atoms with E-state index >= 15 is 0 Å². The van der Waals surface area contributed by atoms with Crippen LogP contribution in [0.5, 0.6) is 0 Å². The fourth-order valence-corrected chi connectivity index (χ4v) is 0.960. The highest BCUT2D eigenvalue weighted by Crippen LogP contribution is 2.06. The van der Waals surface area contributed by atoms with Crippen LogP contribution in [0.3, 0.4) is 0 Å². The van der Waals surface area contributed by atoms with E-state index in [1.54, 1.807) is 24.3 Å². The Morgan fingerprint density at radius 1 is 1.38 bits per heavy atom. The van der Waals surface area contributed by atoms with Crippen LogP contribution in [0.4, 0.5) is 0 Å². The molecule has 0 bridgehead atoms. The maximum absolute atomic E-state index is 11.4. The van der Waals surface area contributed by atoms with Crippen molar-refractivity contribution in [2.75, 3.05) is 0 Å². The van der Waals surface area contributed by atoms with Crippen molar-refractivity contribution in [3.05, 3.63) is 35.9 Å². The van der Waals surface area contributed by atoms with Crippen LogP contribution >= 0.6 is 0 Å². The Morgan fingerprint density at radius 3 is 2.44 bits per heavy atom. The van der Waals surface area contributed by atoms with Crippen molar-refractivity contribution in [1.29, 1.82) is 0 Å². The molecule has 0 aliphatic rings. The number of carboxylic acids is 1. The van der Waals surface area contributed by atoms with Crippen LogP contribution in [0.25, 0.3) is 0 Å². The number of nitrogens with two attached hydrogens (primary N) is 1. The van der Waals surface area contributed by atoms with Gasteiger partial charge in [-0.25, -0.2) is 9.59 Å². The summed E-state index contributed by atoms with van der Waals surface area (Å²) in [5.74, 6) is -2.37. The lowest BCUT2D eigenvalue weighted by molar-refractivity contribution is -0.160. The van der Waals surface area contributed by atoms with Gasteiger partial charge in [-0.15, -0.1) is 0 Å². The summed E-state index contributed by atoms with van der Waals surface area (Å²) in [5.41, 5.74) is 4.06. The highest BCUT2D eigenvalue weighted by atomic mass is 16.5. The number of carbonyl (C=O) groups excluding carboxylic acids is 1. The molecular formula is C11H13NO4. The van der Waals surface area contributed by atoms with Crippen molar-refractivity contribution in [2.24, 2.45) is 5.73 Å². The average molecular weight is 223 g/mol. The van der Waals surface area contributed by atoms with Gasteiger partial charge in [0.1, 0.15) is 6.61 Å². The molecular weight excluding hydrogens is 210 g/mol. The van der Waals surface area contributed by atoms with Gasteiger partial charge in [0.2, 0.25) is 5.54 Å². The van der Waals surface area contributed by atoms with Gasteiger partial charge in [0.05, 0.1) is 0 Å². The molecule has 0 unspecified atom stereocenters. The summed E-state index contributed by atoms with van der Waals surface area (Å²) in [6.07, 6.45) is 0. The minimum absolute atomic E-state index is 0.0136. The Bertz CT molecular complexity index is 386. The zero-order chi connectivity index (χ0) is 12.2. The van der Waals surface area contributed by atoms with E-state index in [4.69, 9.17) is 15.6 Å². The standard InChI is InChI=1S/C11H13NO4/c1-11(12,9(13)14)10(15)16-7-8-5-3-2-4-6-8/h2-6H,7,12H2,1H3,(H,13,14)/t11-/m0/s1. The van der Waals surface area contributed by atoms with Crippen LogP contribution < -0.4 is 5.73 Å². The van der Waals surface area contributed by atoms with Gasteiger partial charge in [-0.05, 0) is 12.5 Å². The lowest BCUT2D eigenvalue weighted by atomic mass is 10.1. The number of rotatable bonds is 4. The van der Waals surface area contributed by atoms with Crippen molar-refractivity contribution in [2.45, 2.75) is 19.1 Å². The Morgan fingerprint density at radius 2 is 1.94 bits per heavy atom. The second kappa shape index (κ2) is 4.76. The average Bonchev–Trinajstić information content (AvgIpc) is 2.27. The third kappa shape index (κ3) is 2.80. The van der Waals surface area contributed by atoms with Crippen LogP contribution in [-0.2, 0) is 20.9 Å². The van der Waals surface area contributed by atoms with Gasteiger partial charge >= 0.3 is 11.9 Å². The molecule has 0 amide bonds. The van der Waals surface area contributed by atoms with E-state index < -0.39 is 17.5 Å². The summed E-state index contributed by atoms with van der Waals surface area (Å²) >= 11 is 0. The lowest BCUT2D eigenvalue weighted by Crippen LogP contribution is -2.53. The molecule has 16 heavy (non-hydrogen) atoms. The van der Waals surface area contributed by atoms with E-state index in [9.17, 15) is 9.59 Å². The number of carbonyl (C=O) groups is 2. The second-order valence-electron chi connectivity index (χ2n) is 3.57. The molecule has 0 aliphatic heterocycles. The number of hydrogen-bond donors (Lipinski definition) is 2. The predicted molar refractivity (Wildman–Crippen MR) is 56.5 cm³/mol. The maximum atomic E-state index is 11.4. The summed E-state index contributed by atoms with van der Waals surface area (Å²) < 4.78 is 4.81. The van der Waals surface area contributed by atoms with Gasteiger partial charge in [0.25, 0.3) is 0 Å². The van der Waals surface area contributed by atoms with E-state index in [-0.39, 0.29) is 6.61 Å². The van der Waals surface area contributed by atoms with Gasteiger partial charge in [-0.2, -0.15) is 0 Å². The van der Waals surface area contributed by atoms with Gasteiger partial charge in [0.15, 0.2) is 0 Å². The fourth-order valence-electron chi connectivity index (χ4n) is 0.960. The number of aliphatic carboxylic acids is 1. The van der Waals surface area contributed by atoms with Gasteiger partial charge < -0.3 is 15.6 Å². The first-order chi connectivity index (χ1) is 7.44. The topological polar surface area (TPSA) is 89.6 Å². The van der Waals surface area contributed by atoms with Gasteiger partial charge in [-0.3, -0.25) is 0 Å². The molecule has 1 rings (SSSR count). The normalized spacial score (nSPS) is 13.9. The third-order valence-electron chi connectivity index (χ3n) is 2.08. The lowest BCUT2D eigenvalue weighted by Gasteiger charge is -2.17. The first-order valence-corrected chi connectivity index (χ1v) is 4.68. The molecule has 0 saturated carbocycles. The summed E-state index contributed by atoms with van der Waals surface area (Å²) in [6.45, 7) is 1.11. The van der Waals surface area contributed by atoms with Crippen molar-refractivity contribution in [3.8, 4) is 0 Å². The van der Waals surface area contributed by atoms with E-state index in [0.717, 1.165) is 12.5 Å². The molecule has 1 aromatic carbocycles. The molecule has 3 N–H and O–H groups in total. The molecule has 1 aromatic rings. The largest absolute Gasteiger partial charge is 0.479 e. The van der Waals surface area contributed by atoms with Crippen LogP contribution in [0.2, 0.25) is 0 Å². The fraction of sp³-hybridized carbons (Fsp3) is 0.273. The van der Waals surface area contributed by atoms with Crippen LogP contribution in [0, 0.1) is 0 Å². The van der Waals surface area contributed by atoms with Crippen molar-refractivity contribution < 1.29 is 19.4 Å². The van der Waals surface area contributed by atoms with Gasteiger partial charge in [-0.1, -0.05) is 30.3 Å². The smallest absolute Gasteiger partial charge is 0.337 e. The monoisotopic (exact) mass is 223 g/mol. The Balaban J connectivity index is 2.57. The van der Waals surface area contributed by atoms with Crippen molar-refractivity contribution in [1.82, 2.24) is 0 Å². The van der Waals surface area contributed by atoms with E-state index in [2.05, 4.69) is 0 Å². The molecule has 5 nitrogen and oxygen atoms in total. The molecule has 5 heteroatoms. The summed E-state index contributed by atoms with van der Waals surface area (Å²) in [7, 11) is 0. The van der Waals surface area contributed by atoms with Crippen LogP contribution in [-0.4, -0.2) is 22.6 Å². The molecule has 0 fully saturated rings. The minimum atomic E-state index is -2.01. The first kappa shape index (κ1) is 12.2. The zero-order valence-corrected chi connectivity index (χ0v) is 8.84. The molecule has 0 saturated heterocycles. The number of esters is 1. The molecule has 0 spiro atoms. The highest BCUT2D eigenvalue weighted by molar-refractivity contribution is 6.03. The Labute approximate surface area is 92.8 Å². The number of benzene rings is 1. The van der Waals surface area contributed by atoms with E-state index in [0.29, 0.717) is 0 Å². The van der Waals surface area contributed by atoms with Gasteiger partial charge in [0, 0.05) is 0 Å². The second-order valence-corrected chi connectivity index (χ2v) is 3.57. The van der Waals surface area contributed by atoms with Crippen molar-refractivity contribution in [3.63, 3.8) is 0 Å². The molecule has 0 radical (unpaired) electrons. The Hall–Kier alpha value is -1.88. The molecule has 0 aromatic heterocycles. The van der Waals surface area contributed by atoms with Crippen molar-refractivity contribution >= 4 is 11.9 Å².